The van der Waals surface area contributed by atoms with E-state index in [4.69, 9.17) is 0 Å². The van der Waals surface area contributed by atoms with E-state index in [1.165, 1.54) is 27.6 Å². The van der Waals surface area contributed by atoms with Gasteiger partial charge >= 0.3 is 0 Å². The number of nitrogens with one attached hydrogen (secondary N) is 1. The number of benzene rings is 2. The summed E-state index contributed by atoms with van der Waals surface area (Å²) in [5.74, 6) is 0. The molecule has 0 heterocycles. The van der Waals surface area contributed by atoms with Crippen LogP contribution in [0, 0.1) is 0 Å². The molecule has 1 aliphatic carbocycles. The van der Waals surface area contributed by atoms with Crippen LogP contribution in [0.4, 0.5) is 5.69 Å². The second kappa shape index (κ2) is 2.61. The van der Waals surface area contributed by atoms with Crippen LogP contribution in [0.1, 0.15) is 11.1 Å². The molecular weight excluding hydrogens is 170 g/mol. The lowest BCUT2D eigenvalue weighted by Crippen LogP contribution is -1.88. The van der Waals surface area contributed by atoms with Crippen molar-refractivity contribution in [2.24, 2.45) is 0 Å². The first-order valence-electron chi connectivity index (χ1n) is 4.81. The molecule has 0 radical (unpaired) electrons. The second-order valence-electron chi connectivity index (χ2n) is 3.59. The minimum atomic E-state index is 1.18. The first-order chi connectivity index (χ1) is 6.88. The molecule has 0 saturated heterocycles. The summed E-state index contributed by atoms with van der Waals surface area (Å²) >= 11 is 0. The highest BCUT2D eigenvalue weighted by atomic mass is 14.8. The van der Waals surface area contributed by atoms with E-state index in [0.717, 1.165) is 0 Å². The van der Waals surface area contributed by atoms with Gasteiger partial charge in [-0.1, -0.05) is 30.4 Å². The van der Waals surface area contributed by atoms with E-state index in [0.29, 0.717) is 0 Å². The molecular formula is C13H11N. The highest BCUT2D eigenvalue weighted by Gasteiger charge is 2.08. The van der Waals surface area contributed by atoms with Crippen LogP contribution < -0.4 is 5.32 Å². The Hall–Kier alpha value is -1.76. The normalized spacial score (nSPS) is 12.4. The summed E-state index contributed by atoms with van der Waals surface area (Å²) < 4.78 is 0. The first kappa shape index (κ1) is 7.63. The van der Waals surface area contributed by atoms with E-state index >= 15 is 0 Å². The van der Waals surface area contributed by atoms with Crippen molar-refractivity contribution >= 4 is 28.6 Å². The van der Waals surface area contributed by atoms with Crippen molar-refractivity contribution in [2.45, 2.75) is 0 Å². The molecule has 14 heavy (non-hydrogen) atoms. The molecule has 3 rings (SSSR count). The molecule has 0 unspecified atom stereocenters. The lowest BCUT2D eigenvalue weighted by Gasteiger charge is -2.05. The maximum Gasteiger partial charge on any atom is 0.0350 e. The number of rotatable bonds is 1. The van der Waals surface area contributed by atoms with Crippen molar-refractivity contribution in [1.82, 2.24) is 0 Å². The fraction of sp³-hybridized carbons (Fsp3) is 0.0769. The Labute approximate surface area is 83.1 Å². The number of anilines is 1. The highest BCUT2D eigenvalue weighted by molar-refractivity contribution is 6.06. The zero-order valence-electron chi connectivity index (χ0n) is 8.04. The maximum atomic E-state index is 3.18. The predicted molar refractivity (Wildman–Crippen MR) is 62.4 cm³/mol. The van der Waals surface area contributed by atoms with Crippen LogP contribution in [0.5, 0.6) is 0 Å². The molecule has 2 aromatic carbocycles. The van der Waals surface area contributed by atoms with Gasteiger partial charge in [-0.05, 0) is 34.0 Å². The SMILES string of the molecule is CNc1cc2c3c(cccc3c1)C=C2. The Kier molecular flexibility index (Phi) is 1.42. The molecule has 0 bridgehead atoms. The molecule has 1 N–H and O–H groups in total. The summed E-state index contributed by atoms with van der Waals surface area (Å²) in [4.78, 5) is 0. The lowest BCUT2D eigenvalue weighted by atomic mass is 10.0. The Morgan fingerprint density at radius 2 is 1.86 bits per heavy atom. The van der Waals surface area contributed by atoms with Crippen LogP contribution in [0.25, 0.3) is 22.9 Å². The average molecular weight is 181 g/mol. The van der Waals surface area contributed by atoms with Crippen LogP contribution >= 0.6 is 0 Å². The summed E-state index contributed by atoms with van der Waals surface area (Å²) in [7, 11) is 1.95. The molecule has 0 aliphatic heterocycles. The van der Waals surface area contributed by atoms with Crippen LogP contribution in [-0.2, 0) is 0 Å². The third kappa shape index (κ3) is 0.896. The molecule has 0 fully saturated rings. The third-order valence-corrected chi connectivity index (χ3v) is 2.77. The van der Waals surface area contributed by atoms with E-state index in [1.807, 2.05) is 7.05 Å². The van der Waals surface area contributed by atoms with Crippen molar-refractivity contribution in [3.05, 3.63) is 41.5 Å². The fourth-order valence-corrected chi connectivity index (χ4v) is 2.09. The van der Waals surface area contributed by atoms with Crippen LogP contribution in [0.2, 0.25) is 0 Å². The molecule has 1 nitrogen and oxygen atoms in total. The van der Waals surface area contributed by atoms with E-state index < -0.39 is 0 Å². The van der Waals surface area contributed by atoms with Crippen molar-refractivity contribution in [3.8, 4) is 0 Å². The monoisotopic (exact) mass is 181 g/mol. The number of hydrogen-bond donors (Lipinski definition) is 1. The van der Waals surface area contributed by atoms with Gasteiger partial charge in [0.15, 0.2) is 0 Å². The van der Waals surface area contributed by atoms with Gasteiger partial charge in [0.25, 0.3) is 0 Å². The van der Waals surface area contributed by atoms with Gasteiger partial charge in [-0.2, -0.15) is 0 Å². The van der Waals surface area contributed by atoms with Gasteiger partial charge in [0.2, 0.25) is 0 Å². The van der Waals surface area contributed by atoms with Gasteiger partial charge in [0, 0.05) is 12.7 Å². The minimum absolute atomic E-state index is 1.18. The van der Waals surface area contributed by atoms with E-state index in [2.05, 4.69) is 47.8 Å². The van der Waals surface area contributed by atoms with Crippen LogP contribution in [0.15, 0.2) is 30.3 Å². The summed E-state index contributed by atoms with van der Waals surface area (Å²) in [6.45, 7) is 0. The molecule has 1 aliphatic rings. The topological polar surface area (TPSA) is 12.0 Å². The fourth-order valence-electron chi connectivity index (χ4n) is 2.09. The van der Waals surface area contributed by atoms with Gasteiger partial charge in [-0.3, -0.25) is 0 Å². The number of hydrogen-bond acceptors (Lipinski definition) is 1. The van der Waals surface area contributed by atoms with Crippen molar-refractivity contribution in [2.75, 3.05) is 12.4 Å². The van der Waals surface area contributed by atoms with Crippen LogP contribution in [0.3, 0.4) is 0 Å². The molecule has 1 heteroatoms. The van der Waals surface area contributed by atoms with Gasteiger partial charge in [-0.15, -0.1) is 0 Å². The largest absolute Gasteiger partial charge is 0.388 e. The second-order valence-corrected chi connectivity index (χ2v) is 3.59. The third-order valence-electron chi connectivity index (χ3n) is 2.77. The van der Waals surface area contributed by atoms with E-state index in [-0.39, 0.29) is 0 Å². The van der Waals surface area contributed by atoms with E-state index in [9.17, 15) is 0 Å². The average Bonchev–Trinajstić information content (AvgIpc) is 2.64. The molecule has 0 amide bonds. The first-order valence-corrected chi connectivity index (χ1v) is 4.81. The van der Waals surface area contributed by atoms with Crippen molar-refractivity contribution in [1.29, 1.82) is 0 Å². The van der Waals surface area contributed by atoms with Gasteiger partial charge in [-0.25, -0.2) is 0 Å². The van der Waals surface area contributed by atoms with Gasteiger partial charge in [0.05, 0.1) is 0 Å². The summed E-state index contributed by atoms with van der Waals surface area (Å²) in [6, 6.07) is 10.8. The maximum absolute atomic E-state index is 3.18. The predicted octanol–water partition coefficient (Wildman–Crippen LogP) is 3.37. The van der Waals surface area contributed by atoms with Crippen molar-refractivity contribution in [3.63, 3.8) is 0 Å². The summed E-state index contributed by atoms with van der Waals surface area (Å²) in [6.07, 6.45) is 4.36. The molecule has 2 aromatic rings. The highest BCUT2D eigenvalue weighted by Crippen LogP contribution is 2.33. The Morgan fingerprint density at radius 1 is 1.00 bits per heavy atom. The lowest BCUT2D eigenvalue weighted by molar-refractivity contribution is 1.53. The summed E-state index contributed by atoms with van der Waals surface area (Å²) in [5.41, 5.74) is 3.83. The quantitative estimate of drug-likeness (QED) is 0.607. The van der Waals surface area contributed by atoms with Crippen molar-refractivity contribution < 1.29 is 0 Å². The Balaban J connectivity index is 2.46. The van der Waals surface area contributed by atoms with Gasteiger partial charge < -0.3 is 5.32 Å². The van der Waals surface area contributed by atoms with E-state index in [1.54, 1.807) is 0 Å². The standard InChI is InChI=1S/C13H11N/c1-14-12-7-10-4-2-3-9-5-6-11(8-12)13(9)10/h2-8,14H,1H3. The smallest absolute Gasteiger partial charge is 0.0350 e. The molecule has 0 aromatic heterocycles. The minimum Gasteiger partial charge on any atom is -0.388 e. The molecule has 68 valence electrons. The molecule has 0 spiro atoms. The Morgan fingerprint density at radius 3 is 2.71 bits per heavy atom. The van der Waals surface area contributed by atoms with Gasteiger partial charge in [0.1, 0.15) is 0 Å². The zero-order chi connectivity index (χ0) is 9.54. The molecule has 0 atom stereocenters. The zero-order valence-corrected chi connectivity index (χ0v) is 8.04. The van der Waals surface area contributed by atoms with Crippen LogP contribution in [-0.4, -0.2) is 7.05 Å². The summed E-state index contributed by atoms with van der Waals surface area (Å²) in [5, 5.41) is 5.88. The molecule has 0 saturated carbocycles. The Bertz CT molecular complexity index is 538.